The van der Waals surface area contributed by atoms with E-state index in [1.807, 2.05) is 43.3 Å². The predicted molar refractivity (Wildman–Crippen MR) is 115 cm³/mol. The number of carbonyl (C=O) groups is 1. The monoisotopic (exact) mass is 390 g/mol. The molecule has 2 aromatic carbocycles. The van der Waals surface area contributed by atoms with E-state index in [-0.39, 0.29) is 17.8 Å². The molecule has 0 unspecified atom stereocenters. The summed E-state index contributed by atoms with van der Waals surface area (Å²) >= 11 is 0. The van der Waals surface area contributed by atoms with Crippen molar-refractivity contribution in [2.75, 3.05) is 0 Å². The molecule has 3 nitrogen and oxygen atoms in total. The van der Waals surface area contributed by atoms with Crippen LogP contribution in [0.25, 0.3) is 10.9 Å². The molecule has 3 aromatic rings. The summed E-state index contributed by atoms with van der Waals surface area (Å²) in [6, 6.07) is 15.1. The molecule has 0 bridgehead atoms. The van der Waals surface area contributed by atoms with Gasteiger partial charge < -0.3 is 5.32 Å². The minimum atomic E-state index is -0.259. The van der Waals surface area contributed by atoms with Gasteiger partial charge in [-0.25, -0.2) is 4.39 Å². The molecule has 0 radical (unpaired) electrons. The molecular weight excluding hydrogens is 363 g/mol. The van der Waals surface area contributed by atoms with Crippen molar-refractivity contribution in [1.29, 1.82) is 0 Å². The van der Waals surface area contributed by atoms with Crippen LogP contribution in [0.2, 0.25) is 0 Å². The second-order valence-corrected chi connectivity index (χ2v) is 8.22. The Kier molecular flexibility index (Phi) is 5.61. The van der Waals surface area contributed by atoms with Crippen LogP contribution in [0.1, 0.15) is 60.0 Å². The van der Waals surface area contributed by atoms with Crippen molar-refractivity contribution in [2.24, 2.45) is 5.92 Å². The molecule has 1 amide bonds. The molecule has 150 valence electrons. The topological polar surface area (TPSA) is 42.0 Å². The molecule has 29 heavy (non-hydrogen) atoms. The first-order valence-electron chi connectivity index (χ1n) is 10.4. The Morgan fingerprint density at radius 1 is 1.07 bits per heavy atom. The molecular formula is C25H27FN2O. The van der Waals surface area contributed by atoms with E-state index in [4.69, 9.17) is 0 Å². The summed E-state index contributed by atoms with van der Waals surface area (Å²) in [7, 11) is 0. The molecule has 1 fully saturated rings. The average molecular weight is 391 g/mol. The zero-order valence-electron chi connectivity index (χ0n) is 17.0. The van der Waals surface area contributed by atoms with E-state index in [0.29, 0.717) is 17.4 Å². The number of carbonyl (C=O) groups excluding carboxylic acids is 1. The minimum Gasteiger partial charge on any atom is -0.349 e. The van der Waals surface area contributed by atoms with E-state index in [1.165, 1.54) is 11.6 Å². The number of pyridine rings is 1. The molecule has 1 aliphatic carbocycles. The van der Waals surface area contributed by atoms with Crippen molar-refractivity contribution in [3.63, 3.8) is 0 Å². The first-order chi connectivity index (χ1) is 14.0. The Hall–Kier alpha value is -2.75. The highest BCUT2D eigenvalue weighted by molar-refractivity contribution is 5.95. The number of nitrogens with zero attached hydrogens (tertiary/aromatic N) is 1. The van der Waals surface area contributed by atoms with Crippen LogP contribution in [0, 0.1) is 18.7 Å². The number of nitrogens with one attached hydrogen (secondary N) is 1. The van der Waals surface area contributed by atoms with Crippen LogP contribution in [0.5, 0.6) is 0 Å². The van der Waals surface area contributed by atoms with Gasteiger partial charge in [-0.1, -0.05) is 30.3 Å². The number of amides is 1. The highest BCUT2D eigenvalue weighted by Crippen LogP contribution is 2.39. The predicted octanol–water partition coefficient (Wildman–Crippen LogP) is 5.77. The number of aryl methyl sites for hydroxylation is 1. The van der Waals surface area contributed by atoms with Gasteiger partial charge in [0.25, 0.3) is 5.91 Å². The molecule has 0 spiro atoms. The highest BCUT2D eigenvalue weighted by atomic mass is 19.1. The van der Waals surface area contributed by atoms with Crippen molar-refractivity contribution in [1.82, 2.24) is 10.3 Å². The Morgan fingerprint density at radius 2 is 1.83 bits per heavy atom. The van der Waals surface area contributed by atoms with Gasteiger partial charge in [-0.05, 0) is 80.7 Å². The van der Waals surface area contributed by atoms with E-state index in [9.17, 15) is 9.18 Å². The fourth-order valence-electron chi connectivity index (χ4n) is 4.68. The van der Waals surface area contributed by atoms with Crippen molar-refractivity contribution < 1.29 is 9.18 Å². The van der Waals surface area contributed by atoms with Crippen molar-refractivity contribution >= 4 is 16.8 Å². The number of benzene rings is 2. The van der Waals surface area contributed by atoms with Crippen molar-refractivity contribution in [3.05, 3.63) is 77.2 Å². The maximum Gasteiger partial charge on any atom is 0.251 e. The van der Waals surface area contributed by atoms with Gasteiger partial charge in [0.1, 0.15) is 11.3 Å². The lowest BCUT2D eigenvalue weighted by Crippen LogP contribution is -2.39. The van der Waals surface area contributed by atoms with Gasteiger partial charge in [0.2, 0.25) is 0 Å². The summed E-state index contributed by atoms with van der Waals surface area (Å²) in [5.41, 5.74) is 3.41. The highest BCUT2D eigenvalue weighted by Gasteiger charge is 2.28. The zero-order chi connectivity index (χ0) is 20.4. The van der Waals surface area contributed by atoms with Crippen LogP contribution in [0.15, 0.2) is 54.7 Å². The Labute approximate surface area is 171 Å². The van der Waals surface area contributed by atoms with Gasteiger partial charge >= 0.3 is 0 Å². The van der Waals surface area contributed by atoms with Crippen molar-refractivity contribution in [2.45, 2.75) is 51.5 Å². The van der Waals surface area contributed by atoms with Gasteiger partial charge in [0.15, 0.2) is 0 Å². The van der Waals surface area contributed by atoms with E-state index < -0.39 is 0 Å². The summed E-state index contributed by atoms with van der Waals surface area (Å²) in [5, 5.41) is 4.13. The number of para-hydroxylation sites is 1. The molecule has 1 saturated carbocycles. The number of rotatable bonds is 4. The lowest BCUT2D eigenvalue weighted by atomic mass is 9.75. The quantitative estimate of drug-likeness (QED) is 0.614. The average Bonchev–Trinajstić information content (AvgIpc) is 2.74. The number of hydrogen-bond donors (Lipinski definition) is 1. The molecule has 1 heterocycles. The largest absolute Gasteiger partial charge is 0.349 e. The van der Waals surface area contributed by atoms with Gasteiger partial charge in [0.05, 0.1) is 0 Å². The summed E-state index contributed by atoms with van der Waals surface area (Å²) in [5.74, 6) is 0.626. The minimum absolute atomic E-state index is 0.00771. The summed E-state index contributed by atoms with van der Waals surface area (Å²) in [4.78, 5) is 16.9. The molecule has 1 aromatic heterocycles. The number of aromatic nitrogens is 1. The van der Waals surface area contributed by atoms with Crippen molar-refractivity contribution in [3.8, 4) is 0 Å². The van der Waals surface area contributed by atoms with Crippen LogP contribution in [0.3, 0.4) is 0 Å². The maximum atomic E-state index is 14.1. The molecule has 0 saturated heterocycles. The summed E-state index contributed by atoms with van der Waals surface area (Å²) in [6.45, 7) is 4.07. The van der Waals surface area contributed by atoms with Crippen LogP contribution in [-0.4, -0.2) is 16.9 Å². The van der Waals surface area contributed by atoms with Crippen LogP contribution >= 0.6 is 0 Å². The molecule has 4 rings (SSSR count). The molecule has 1 N–H and O–H groups in total. The lowest BCUT2D eigenvalue weighted by Gasteiger charge is -2.33. The number of hydrogen-bond acceptors (Lipinski definition) is 2. The number of halogens is 1. The number of fused-ring (bicyclic) bond motifs is 1. The normalized spacial score (nSPS) is 20.4. The molecule has 0 aliphatic heterocycles. The van der Waals surface area contributed by atoms with Gasteiger partial charge in [-0.15, -0.1) is 0 Å². The van der Waals surface area contributed by atoms with E-state index in [1.54, 1.807) is 12.3 Å². The van der Waals surface area contributed by atoms with Gasteiger partial charge in [0, 0.05) is 23.2 Å². The van der Waals surface area contributed by atoms with E-state index in [0.717, 1.165) is 42.2 Å². The SMILES string of the molecule is Cc1ccccc1C(=O)N[C@H](C)C1CCC(c2ccnc3c(F)cccc23)CC1. The fourth-order valence-corrected chi connectivity index (χ4v) is 4.68. The third-order valence-corrected chi connectivity index (χ3v) is 6.42. The van der Waals surface area contributed by atoms with Crippen LogP contribution < -0.4 is 5.32 Å². The standard InChI is InChI=1S/C25H27FN2O/c1-16-6-3-4-7-20(16)25(29)28-17(2)18-10-12-19(13-11-18)21-14-15-27-24-22(21)8-5-9-23(24)26/h3-9,14-15,17-19H,10-13H2,1-2H3,(H,28,29)/t17-,18?,19?/m1/s1. The lowest BCUT2D eigenvalue weighted by molar-refractivity contribution is 0.0917. The second kappa shape index (κ2) is 8.32. The van der Waals surface area contributed by atoms with E-state index >= 15 is 0 Å². The van der Waals surface area contributed by atoms with Gasteiger partial charge in [-0.2, -0.15) is 0 Å². The smallest absolute Gasteiger partial charge is 0.251 e. The Balaban J connectivity index is 1.41. The first kappa shape index (κ1) is 19.6. The zero-order valence-corrected chi connectivity index (χ0v) is 17.0. The third kappa shape index (κ3) is 4.02. The molecule has 1 atom stereocenters. The Morgan fingerprint density at radius 3 is 2.59 bits per heavy atom. The first-order valence-corrected chi connectivity index (χ1v) is 10.4. The summed E-state index contributed by atoms with van der Waals surface area (Å²) < 4.78 is 14.1. The van der Waals surface area contributed by atoms with Gasteiger partial charge in [-0.3, -0.25) is 9.78 Å². The molecule has 1 aliphatic rings. The molecule has 4 heteroatoms. The Bertz CT molecular complexity index is 1020. The summed E-state index contributed by atoms with van der Waals surface area (Å²) in [6.07, 6.45) is 5.92. The fraction of sp³-hybridized carbons (Fsp3) is 0.360. The third-order valence-electron chi connectivity index (χ3n) is 6.42. The second-order valence-electron chi connectivity index (χ2n) is 8.22. The maximum absolute atomic E-state index is 14.1. The van der Waals surface area contributed by atoms with Crippen LogP contribution in [-0.2, 0) is 0 Å². The van der Waals surface area contributed by atoms with E-state index in [2.05, 4.69) is 17.2 Å². The van der Waals surface area contributed by atoms with Crippen LogP contribution in [0.4, 0.5) is 4.39 Å².